The second kappa shape index (κ2) is 12.6. The highest BCUT2D eigenvalue weighted by atomic mass is 127. The van der Waals surface area contributed by atoms with E-state index in [9.17, 15) is 24.0 Å². The smallest absolute Gasteiger partial charge is 0.303 e. The minimum Gasteiger partial charge on any atom is -0.456 e. The topological polar surface area (TPSA) is 168 Å². The zero-order valence-electron chi connectivity index (χ0n) is 20.8. The van der Waals surface area contributed by atoms with Gasteiger partial charge in [-0.05, 0) is 0 Å². The van der Waals surface area contributed by atoms with Crippen LogP contribution in [0.2, 0.25) is 0 Å². The fraction of sp³-hybridized carbons (Fsp3) is 0.773. The maximum absolute atomic E-state index is 12.0. The number of fused-ring (bicyclic) bond motifs is 2. The summed E-state index contributed by atoms with van der Waals surface area (Å²) in [4.78, 5) is 59.5. The molecule has 0 aromatic carbocycles. The molecule has 0 aromatic rings. The van der Waals surface area contributed by atoms with E-state index in [1.807, 2.05) is 22.6 Å². The second-order valence-corrected chi connectivity index (χ2v) is 9.43. The van der Waals surface area contributed by atoms with Gasteiger partial charge in [-0.3, -0.25) is 24.0 Å². The molecule has 0 aliphatic carbocycles. The molecule has 14 nitrogen and oxygen atoms in total. The third kappa shape index (κ3) is 7.28. The first kappa shape index (κ1) is 29.5. The van der Waals surface area contributed by atoms with Gasteiger partial charge >= 0.3 is 29.8 Å². The zero-order valence-corrected chi connectivity index (χ0v) is 22.9. The van der Waals surface area contributed by atoms with Gasteiger partial charge in [0, 0.05) is 39.0 Å². The van der Waals surface area contributed by atoms with E-state index < -0.39 is 91.3 Å². The molecule has 15 heteroatoms. The quantitative estimate of drug-likeness (QED) is 0.149. The Bertz CT molecular complexity index is 895. The average Bonchev–Trinajstić information content (AvgIpc) is 3.21. The number of carbonyl (C=O) groups is 5. The summed E-state index contributed by atoms with van der Waals surface area (Å²) < 4.78 is 50.8. The summed E-state index contributed by atoms with van der Waals surface area (Å²) in [6.07, 6.45) is -11.3. The summed E-state index contributed by atoms with van der Waals surface area (Å²) in [5, 5.41) is 0. The number of esters is 5. The minimum atomic E-state index is -1.40. The molecular weight excluding hydrogens is 615 g/mol. The molecule has 0 aromatic heterocycles. The molecule has 3 rings (SSSR count). The van der Waals surface area contributed by atoms with Crippen LogP contribution in [0.5, 0.6) is 0 Å². The first-order valence-corrected chi connectivity index (χ1v) is 12.9. The molecule has 0 radical (unpaired) electrons. The lowest BCUT2D eigenvalue weighted by Crippen LogP contribution is -2.65. The van der Waals surface area contributed by atoms with Gasteiger partial charge in [-0.15, -0.1) is 0 Å². The molecule has 3 aliphatic heterocycles. The Morgan fingerprint density at radius 1 is 0.649 bits per heavy atom. The Morgan fingerprint density at radius 3 is 1.62 bits per heavy atom. The third-order valence-corrected chi connectivity index (χ3v) is 6.43. The van der Waals surface area contributed by atoms with Crippen LogP contribution in [-0.4, -0.2) is 102 Å². The van der Waals surface area contributed by atoms with Gasteiger partial charge in [-0.1, -0.05) is 22.6 Å². The Hall–Kier alpha value is -2.08. The number of rotatable bonds is 8. The average molecular weight is 644 g/mol. The van der Waals surface area contributed by atoms with Crippen LogP contribution < -0.4 is 0 Å². The van der Waals surface area contributed by atoms with Gasteiger partial charge in [-0.2, -0.15) is 0 Å². The van der Waals surface area contributed by atoms with Crippen molar-refractivity contribution in [2.24, 2.45) is 0 Å². The normalized spacial score (nSPS) is 36.7. The van der Waals surface area contributed by atoms with Crippen molar-refractivity contribution in [3.05, 3.63) is 0 Å². The van der Waals surface area contributed by atoms with E-state index in [0.717, 1.165) is 13.8 Å². The number of halogens is 1. The van der Waals surface area contributed by atoms with Gasteiger partial charge in [0.15, 0.2) is 43.1 Å². The summed E-state index contributed by atoms with van der Waals surface area (Å²) >= 11 is 1.99. The van der Waals surface area contributed by atoms with Gasteiger partial charge in [0.2, 0.25) is 0 Å². The number of hydrogen-bond donors (Lipinski definition) is 0. The second-order valence-electron chi connectivity index (χ2n) is 8.54. The van der Waals surface area contributed by atoms with Crippen LogP contribution >= 0.6 is 22.6 Å². The van der Waals surface area contributed by atoms with Crippen LogP contribution in [-0.2, 0) is 66.6 Å². The van der Waals surface area contributed by atoms with Gasteiger partial charge in [0.1, 0.15) is 18.3 Å². The highest BCUT2D eigenvalue weighted by Crippen LogP contribution is 2.37. The minimum absolute atomic E-state index is 0.00890. The van der Waals surface area contributed by atoms with E-state index in [1.54, 1.807) is 0 Å². The van der Waals surface area contributed by atoms with E-state index in [1.165, 1.54) is 20.8 Å². The van der Waals surface area contributed by atoms with Crippen LogP contribution in [0.1, 0.15) is 34.6 Å². The third-order valence-electron chi connectivity index (χ3n) is 5.56. The van der Waals surface area contributed by atoms with Crippen LogP contribution in [0.15, 0.2) is 0 Å². The number of ether oxygens (including phenoxy) is 9. The number of hydrogen-bond acceptors (Lipinski definition) is 14. The SMILES string of the molecule is CC(=O)O[C@@H]1[C@@H](OC(C)=O)[C@@H](O[C@H]2[C@H](OC(C)=O)[C@@H](OC(C)=O)[C@@H]3OC[C@H]2O3)O[C@H](CI)[C@H]1OC(C)=O. The van der Waals surface area contributed by atoms with Crippen LogP contribution in [0.25, 0.3) is 0 Å². The van der Waals surface area contributed by atoms with Crippen molar-refractivity contribution < 1.29 is 66.6 Å². The standard InChI is InChI=1S/C22H29IO14/c1-8(24)30-15-13(6-23)35-22(20(34-12(5)28)17(15)31-9(2)25)37-16-14-7-29-21(36-14)19(33-11(4)27)18(16)32-10(3)26/h13-22H,6-7H2,1-5H3/t13-,14-,15-,16-,17+,18+,19-,20-,21-,22-/m1/s1. The Balaban J connectivity index is 1.98. The van der Waals surface area contributed by atoms with E-state index in [2.05, 4.69) is 0 Å². The van der Waals surface area contributed by atoms with Crippen molar-refractivity contribution >= 4 is 52.4 Å². The van der Waals surface area contributed by atoms with E-state index in [0.29, 0.717) is 0 Å². The lowest BCUT2D eigenvalue weighted by atomic mass is 9.97. The maximum atomic E-state index is 12.0. The fourth-order valence-electron chi connectivity index (χ4n) is 4.39. The Morgan fingerprint density at radius 2 is 1.11 bits per heavy atom. The lowest BCUT2D eigenvalue weighted by molar-refractivity contribution is -0.335. The van der Waals surface area contributed by atoms with E-state index in [-0.39, 0.29) is 11.0 Å². The zero-order chi connectivity index (χ0) is 27.4. The highest BCUT2D eigenvalue weighted by Gasteiger charge is 2.58. The van der Waals surface area contributed by atoms with Crippen molar-refractivity contribution in [2.45, 2.75) is 96.0 Å². The highest BCUT2D eigenvalue weighted by molar-refractivity contribution is 14.1. The van der Waals surface area contributed by atoms with Gasteiger partial charge in [0.25, 0.3) is 0 Å². The summed E-state index contributed by atoms with van der Waals surface area (Å²) in [7, 11) is 0. The van der Waals surface area contributed by atoms with Crippen molar-refractivity contribution in [2.75, 3.05) is 11.0 Å². The van der Waals surface area contributed by atoms with Crippen LogP contribution in [0.3, 0.4) is 0 Å². The number of carbonyl (C=O) groups excluding carboxylic acids is 5. The van der Waals surface area contributed by atoms with Crippen LogP contribution in [0.4, 0.5) is 0 Å². The van der Waals surface area contributed by atoms with Gasteiger partial charge in [-0.25, -0.2) is 0 Å². The van der Waals surface area contributed by atoms with E-state index in [4.69, 9.17) is 42.6 Å². The summed E-state index contributed by atoms with van der Waals surface area (Å²) in [5.74, 6) is -3.51. The van der Waals surface area contributed by atoms with Gasteiger partial charge in [0.05, 0.1) is 6.61 Å². The molecule has 208 valence electrons. The first-order chi connectivity index (χ1) is 17.4. The molecule has 0 amide bonds. The molecule has 3 heterocycles. The molecular formula is C22H29IO14. The molecule has 0 unspecified atom stereocenters. The summed E-state index contributed by atoms with van der Waals surface area (Å²) in [6.45, 7) is 5.80. The van der Waals surface area contributed by atoms with Crippen LogP contribution in [0, 0.1) is 0 Å². The largest absolute Gasteiger partial charge is 0.456 e. The van der Waals surface area contributed by atoms with Crippen molar-refractivity contribution in [3.8, 4) is 0 Å². The molecule has 0 spiro atoms. The van der Waals surface area contributed by atoms with E-state index >= 15 is 0 Å². The molecule has 0 saturated carbocycles. The Kier molecular flexibility index (Phi) is 10.1. The first-order valence-electron chi connectivity index (χ1n) is 11.4. The van der Waals surface area contributed by atoms with Crippen molar-refractivity contribution in [1.29, 1.82) is 0 Å². The molecule has 10 atom stereocenters. The maximum Gasteiger partial charge on any atom is 0.303 e. The fourth-order valence-corrected chi connectivity index (χ4v) is 5.10. The summed E-state index contributed by atoms with van der Waals surface area (Å²) in [5.41, 5.74) is 0. The summed E-state index contributed by atoms with van der Waals surface area (Å²) in [6, 6.07) is 0. The monoisotopic (exact) mass is 644 g/mol. The molecule has 2 bridgehead atoms. The van der Waals surface area contributed by atoms with Crippen molar-refractivity contribution in [1.82, 2.24) is 0 Å². The number of alkyl halides is 1. The predicted octanol–water partition coefficient (Wildman–Crippen LogP) is -0.0549. The molecule has 37 heavy (non-hydrogen) atoms. The molecule has 0 N–H and O–H groups in total. The predicted molar refractivity (Wildman–Crippen MR) is 125 cm³/mol. The molecule has 3 aliphatic rings. The lowest BCUT2D eigenvalue weighted by Gasteiger charge is -2.46. The van der Waals surface area contributed by atoms with Crippen molar-refractivity contribution in [3.63, 3.8) is 0 Å². The van der Waals surface area contributed by atoms with Gasteiger partial charge < -0.3 is 42.6 Å². The molecule has 3 fully saturated rings. The Labute approximate surface area is 225 Å². The molecule has 3 saturated heterocycles.